The molecule has 0 fully saturated rings. The maximum atomic E-state index is 9.71. The first-order valence-electron chi connectivity index (χ1n) is 10.8. The maximum Gasteiger partial charge on any atom is 0.158 e. The number of rotatable bonds is 18. The van der Waals surface area contributed by atoms with Crippen molar-refractivity contribution >= 4 is 0 Å². The first-order valence-corrected chi connectivity index (χ1v) is 10.8. The summed E-state index contributed by atoms with van der Waals surface area (Å²) >= 11 is 0. The molecule has 170 valence electrons. The van der Waals surface area contributed by atoms with E-state index in [1.54, 1.807) is 0 Å². The Morgan fingerprint density at radius 1 is 0.700 bits per heavy atom. The fourth-order valence-corrected chi connectivity index (χ4v) is 2.21. The van der Waals surface area contributed by atoms with Crippen LogP contribution in [0.5, 0.6) is 0 Å². The van der Waals surface area contributed by atoms with E-state index in [1.807, 2.05) is 12.2 Å². The van der Waals surface area contributed by atoms with Gasteiger partial charge in [0.15, 0.2) is 6.29 Å². The summed E-state index contributed by atoms with van der Waals surface area (Å²) < 4.78 is 5.14. The zero-order valence-corrected chi connectivity index (χ0v) is 18.4. The minimum Gasteiger partial charge on any atom is -0.394 e. The van der Waals surface area contributed by atoms with Gasteiger partial charge in [0.05, 0.1) is 25.4 Å². The largest absolute Gasteiger partial charge is 0.394 e. The molecule has 0 aliphatic rings. The smallest absolute Gasteiger partial charge is 0.158 e. The summed E-state index contributed by atoms with van der Waals surface area (Å²) in [5, 5.41) is 27.8. The molecule has 1 atom stereocenters. The molecule has 0 aliphatic heterocycles. The van der Waals surface area contributed by atoms with E-state index in [9.17, 15) is 5.11 Å². The van der Waals surface area contributed by atoms with E-state index in [1.165, 1.54) is 0 Å². The molecule has 1 unspecified atom stereocenters. The Labute approximate surface area is 182 Å². The van der Waals surface area contributed by atoms with E-state index in [0.29, 0.717) is 6.42 Å². The molecule has 0 aromatic carbocycles. The van der Waals surface area contributed by atoms with Crippen LogP contribution in [0.25, 0.3) is 0 Å². The first kappa shape index (κ1) is 28.2. The van der Waals surface area contributed by atoms with E-state index >= 15 is 0 Å². The molecule has 5 N–H and O–H groups in total. The fraction of sp³-hybridized carbons (Fsp3) is 0.520. The molecule has 0 heterocycles. The molecular weight excluding hydrogens is 378 g/mol. The van der Waals surface area contributed by atoms with E-state index in [0.717, 1.165) is 38.5 Å². The van der Waals surface area contributed by atoms with Crippen molar-refractivity contribution in [1.29, 1.82) is 0 Å². The molecule has 0 amide bonds. The van der Waals surface area contributed by atoms with Gasteiger partial charge in [0.25, 0.3) is 0 Å². The van der Waals surface area contributed by atoms with Crippen molar-refractivity contribution in [1.82, 2.24) is 0 Å². The Hall–Kier alpha value is -1.76. The maximum absolute atomic E-state index is 9.71. The lowest BCUT2D eigenvalue weighted by Crippen LogP contribution is -2.52. The highest BCUT2D eigenvalue weighted by Gasteiger charge is 2.24. The highest BCUT2D eigenvalue weighted by Crippen LogP contribution is 2.04. The number of aliphatic hydroxyl groups excluding tert-OH is 3. The number of aliphatic hydroxyl groups is 3. The Morgan fingerprint density at radius 2 is 1.07 bits per heavy atom. The summed E-state index contributed by atoms with van der Waals surface area (Å²) in [7, 11) is 0. The van der Waals surface area contributed by atoms with Gasteiger partial charge in [0.1, 0.15) is 0 Å². The van der Waals surface area contributed by atoms with E-state index < -0.39 is 25.0 Å². The lowest BCUT2D eigenvalue weighted by atomic mass is 10.1. The zero-order valence-electron chi connectivity index (χ0n) is 18.4. The SMILES string of the molecule is CC/C=C\C/C=C\C/C=C\C/C=C\C/C=C\C/C=C\CC(O)OCC(N)(CO)CO. The van der Waals surface area contributed by atoms with E-state index in [2.05, 4.69) is 67.7 Å². The Morgan fingerprint density at radius 3 is 1.43 bits per heavy atom. The summed E-state index contributed by atoms with van der Waals surface area (Å²) in [6.45, 7) is 1.22. The Balaban J connectivity index is 3.71. The molecule has 0 aromatic rings. The highest BCUT2D eigenvalue weighted by atomic mass is 16.6. The molecule has 5 nitrogen and oxygen atoms in total. The molecule has 0 saturated carbocycles. The van der Waals surface area contributed by atoms with Crippen molar-refractivity contribution in [3.63, 3.8) is 0 Å². The average Bonchev–Trinajstić information content (AvgIpc) is 2.76. The zero-order chi connectivity index (χ0) is 22.3. The second kappa shape index (κ2) is 20.5. The second-order valence-corrected chi connectivity index (χ2v) is 7.10. The highest BCUT2D eigenvalue weighted by molar-refractivity contribution is 5.01. The van der Waals surface area contributed by atoms with Gasteiger partial charge >= 0.3 is 0 Å². The van der Waals surface area contributed by atoms with Crippen LogP contribution in [0.4, 0.5) is 0 Å². The number of nitrogens with two attached hydrogens (primary N) is 1. The molecule has 0 spiro atoms. The monoisotopic (exact) mass is 419 g/mol. The van der Waals surface area contributed by atoms with Crippen molar-refractivity contribution in [2.75, 3.05) is 19.8 Å². The third kappa shape index (κ3) is 18.3. The van der Waals surface area contributed by atoms with Crippen LogP contribution in [-0.4, -0.2) is 47.0 Å². The number of ether oxygens (including phenoxy) is 1. The molecule has 0 aromatic heterocycles. The summed E-state index contributed by atoms with van der Waals surface area (Å²) in [5.74, 6) is 0. The van der Waals surface area contributed by atoms with Crippen molar-refractivity contribution < 1.29 is 20.1 Å². The van der Waals surface area contributed by atoms with Gasteiger partial charge in [-0.1, -0.05) is 79.8 Å². The number of hydrogen-bond acceptors (Lipinski definition) is 5. The van der Waals surface area contributed by atoms with Gasteiger partial charge < -0.3 is 25.8 Å². The normalized spacial score (nSPS) is 14.7. The van der Waals surface area contributed by atoms with Crippen LogP contribution in [0.15, 0.2) is 72.9 Å². The molecule has 0 saturated heterocycles. The average molecular weight is 420 g/mol. The molecule has 0 radical (unpaired) electrons. The lowest BCUT2D eigenvalue weighted by Gasteiger charge is -2.25. The quantitative estimate of drug-likeness (QED) is 0.198. The third-order valence-electron chi connectivity index (χ3n) is 4.13. The predicted octanol–water partition coefficient (Wildman–Crippen LogP) is 4.09. The topological polar surface area (TPSA) is 95.9 Å². The van der Waals surface area contributed by atoms with Crippen LogP contribution in [0.1, 0.15) is 51.9 Å². The van der Waals surface area contributed by atoms with E-state index in [-0.39, 0.29) is 6.61 Å². The van der Waals surface area contributed by atoms with Crippen LogP contribution in [0.3, 0.4) is 0 Å². The van der Waals surface area contributed by atoms with Crippen molar-refractivity contribution in [3.8, 4) is 0 Å². The van der Waals surface area contributed by atoms with Crippen molar-refractivity contribution in [2.24, 2.45) is 5.73 Å². The lowest BCUT2D eigenvalue weighted by molar-refractivity contribution is -0.119. The van der Waals surface area contributed by atoms with Crippen molar-refractivity contribution in [2.45, 2.75) is 63.7 Å². The van der Waals surface area contributed by atoms with Crippen LogP contribution in [-0.2, 0) is 4.74 Å². The second-order valence-electron chi connectivity index (χ2n) is 7.10. The molecule has 0 bridgehead atoms. The van der Waals surface area contributed by atoms with Crippen molar-refractivity contribution in [3.05, 3.63) is 72.9 Å². The van der Waals surface area contributed by atoms with Gasteiger partial charge in [-0.15, -0.1) is 0 Å². The Kier molecular flexibility index (Phi) is 19.3. The van der Waals surface area contributed by atoms with Crippen LogP contribution in [0, 0.1) is 0 Å². The molecule has 0 aliphatic carbocycles. The minimum atomic E-state index is -1.22. The Bertz CT molecular complexity index is 557. The standard InChI is InChI=1S/C25H41NO4/c1-2-3-4-5-6-7-8-9-10-11-12-13-14-15-16-17-18-19-20-24(29)30-23-25(26,21-27)22-28/h3-4,6-7,9-10,12-13,15-16,18-19,24,27-29H,2,5,8,11,14,17,20-23,26H2,1H3/b4-3-,7-6-,10-9-,13-12-,16-15-,19-18-. The van der Waals surface area contributed by atoms with Gasteiger partial charge in [-0.25, -0.2) is 0 Å². The van der Waals surface area contributed by atoms with Gasteiger partial charge in [0.2, 0.25) is 0 Å². The van der Waals surface area contributed by atoms with Gasteiger partial charge in [-0.2, -0.15) is 0 Å². The fourth-order valence-electron chi connectivity index (χ4n) is 2.21. The molecule has 0 rings (SSSR count). The summed E-state index contributed by atoms with van der Waals surface area (Å²) in [5.41, 5.74) is 4.44. The molecule has 30 heavy (non-hydrogen) atoms. The predicted molar refractivity (Wildman–Crippen MR) is 126 cm³/mol. The molecular formula is C25H41NO4. The third-order valence-corrected chi connectivity index (χ3v) is 4.13. The minimum absolute atomic E-state index is 0.107. The van der Waals surface area contributed by atoms with Crippen LogP contribution in [0.2, 0.25) is 0 Å². The van der Waals surface area contributed by atoms with Gasteiger partial charge in [0, 0.05) is 6.42 Å². The number of allylic oxidation sites excluding steroid dienone is 11. The summed E-state index contributed by atoms with van der Waals surface area (Å²) in [6, 6.07) is 0. The van der Waals surface area contributed by atoms with Crippen LogP contribution < -0.4 is 5.73 Å². The van der Waals surface area contributed by atoms with Gasteiger partial charge in [-0.05, 0) is 38.5 Å². The van der Waals surface area contributed by atoms with Gasteiger partial charge in [-0.3, -0.25) is 0 Å². The molecule has 5 heteroatoms. The van der Waals surface area contributed by atoms with E-state index in [4.69, 9.17) is 20.7 Å². The summed E-state index contributed by atoms with van der Waals surface area (Å²) in [6.07, 6.45) is 30.5. The summed E-state index contributed by atoms with van der Waals surface area (Å²) in [4.78, 5) is 0. The first-order chi connectivity index (χ1) is 14.6. The number of hydrogen-bond donors (Lipinski definition) is 4. The van der Waals surface area contributed by atoms with Crippen LogP contribution >= 0.6 is 0 Å².